The van der Waals surface area contributed by atoms with Crippen LogP contribution in [0, 0.1) is 12.8 Å². The van der Waals surface area contributed by atoms with Gasteiger partial charge in [-0.1, -0.05) is 18.2 Å². The summed E-state index contributed by atoms with van der Waals surface area (Å²) in [5.74, 6) is 1.65. The van der Waals surface area contributed by atoms with Crippen LogP contribution in [-0.2, 0) is 11.2 Å². The van der Waals surface area contributed by atoms with Crippen LogP contribution in [0.25, 0.3) is 0 Å². The van der Waals surface area contributed by atoms with Gasteiger partial charge in [-0.05, 0) is 55.7 Å². The van der Waals surface area contributed by atoms with Crippen molar-refractivity contribution in [2.24, 2.45) is 5.92 Å². The first-order chi connectivity index (χ1) is 11.2. The molecule has 1 atom stereocenters. The van der Waals surface area contributed by atoms with Gasteiger partial charge in [0.1, 0.15) is 23.9 Å². The van der Waals surface area contributed by atoms with Gasteiger partial charge in [0.15, 0.2) is 0 Å². The fourth-order valence-corrected chi connectivity index (χ4v) is 2.64. The van der Waals surface area contributed by atoms with E-state index in [0.717, 1.165) is 22.6 Å². The maximum absolute atomic E-state index is 12.4. The van der Waals surface area contributed by atoms with Crippen molar-refractivity contribution in [3.8, 4) is 17.2 Å². The summed E-state index contributed by atoms with van der Waals surface area (Å²) in [6.45, 7) is 4.81. The highest BCUT2D eigenvalue weighted by molar-refractivity contribution is 5.76. The third-order valence-corrected chi connectivity index (χ3v) is 3.89. The van der Waals surface area contributed by atoms with Crippen LogP contribution >= 0.6 is 0 Å². The summed E-state index contributed by atoms with van der Waals surface area (Å²) in [6, 6.07) is 13.2. The molecule has 1 unspecified atom stereocenters. The van der Waals surface area contributed by atoms with Crippen LogP contribution in [0.15, 0.2) is 42.5 Å². The number of hydrogen-bond acceptors (Lipinski definition) is 4. The number of para-hydroxylation sites is 1. The van der Waals surface area contributed by atoms with Gasteiger partial charge in [0.2, 0.25) is 0 Å². The Morgan fingerprint density at radius 1 is 1.26 bits per heavy atom. The van der Waals surface area contributed by atoms with Gasteiger partial charge < -0.3 is 14.2 Å². The number of rotatable bonds is 4. The van der Waals surface area contributed by atoms with E-state index in [0.29, 0.717) is 25.4 Å². The van der Waals surface area contributed by atoms with Gasteiger partial charge in [0.05, 0.1) is 12.5 Å². The van der Waals surface area contributed by atoms with Crippen molar-refractivity contribution >= 4 is 5.97 Å². The van der Waals surface area contributed by atoms with Crippen molar-refractivity contribution in [1.82, 2.24) is 0 Å². The third-order valence-electron chi connectivity index (χ3n) is 3.89. The summed E-state index contributed by atoms with van der Waals surface area (Å²) in [5.41, 5.74) is 1.92. The standard InChI is InChI=1S/C19H20O4/c1-3-21-16-8-9-18-14(11-16)10-15(12-22-18)19(20)23-17-7-5-4-6-13(17)2/h4-9,11,15H,3,10,12H2,1-2H3. The zero-order valence-electron chi connectivity index (χ0n) is 13.4. The van der Waals surface area contributed by atoms with Gasteiger partial charge in [-0.15, -0.1) is 0 Å². The number of aryl methyl sites for hydroxylation is 1. The largest absolute Gasteiger partial charge is 0.494 e. The summed E-state index contributed by atoms with van der Waals surface area (Å²) in [6.07, 6.45) is 0.598. The molecule has 0 amide bonds. The maximum Gasteiger partial charge on any atom is 0.318 e. The molecule has 120 valence electrons. The van der Waals surface area contributed by atoms with E-state index in [9.17, 15) is 4.79 Å². The Balaban J connectivity index is 1.72. The quantitative estimate of drug-likeness (QED) is 0.640. The van der Waals surface area contributed by atoms with Crippen molar-refractivity contribution in [1.29, 1.82) is 0 Å². The van der Waals surface area contributed by atoms with Crippen LogP contribution in [0.5, 0.6) is 17.2 Å². The lowest BCUT2D eigenvalue weighted by molar-refractivity contribution is -0.140. The SMILES string of the molecule is CCOc1ccc2c(c1)CC(C(=O)Oc1ccccc1C)CO2. The molecule has 0 saturated heterocycles. The van der Waals surface area contributed by atoms with E-state index < -0.39 is 0 Å². The lowest BCUT2D eigenvalue weighted by atomic mass is 9.96. The van der Waals surface area contributed by atoms with Crippen molar-refractivity contribution in [2.45, 2.75) is 20.3 Å². The number of hydrogen-bond donors (Lipinski definition) is 0. The molecule has 4 heteroatoms. The molecule has 2 aromatic rings. The predicted molar refractivity (Wildman–Crippen MR) is 87.1 cm³/mol. The molecule has 0 aromatic heterocycles. The normalized spacial score (nSPS) is 16.2. The molecular weight excluding hydrogens is 292 g/mol. The summed E-state index contributed by atoms with van der Waals surface area (Å²) >= 11 is 0. The molecule has 0 bridgehead atoms. The van der Waals surface area contributed by atoms with E-state index in [1.165, 1.54) is 0 Å². The topological polar surface area (TPSA) is 44.8 Å². The van der Waals surface area contributed by atoms with Crippen LogP contribution in [-0.4, -0.2) is 19.2 Å². The average molecular weight is 312 g/mol. The average Bonchev–Trinajstić information content (AvgIpc) is 2.56. The highest BCUT2D eigenvalue weighted by atomic mass is 16.5. The second-order valence-electron chi connectivity index (χ2n) is 5.60. The molecule has 0 radical (unpaired) electrons. The monoisotopic (exact) mass is 312 g/mol. The summed E-state index contributed by atoms with van der Waals surface area (Å²) in [4.78, 5) is 12.4. The van der Waals surface area contributed by atoms with E-state index in [2.05, 4.69) is 0 Å². The van der Waals surface area contributed by atoms with E-state index in [-0.39, 0.29) is 11.9 Å². The summed E-state index contributed by atoms with van der Waals surface area (Å²) < 4.78 is 16.7. The Kier molecular flexibility index (Phi) is 4.51. The lowest BCUT2D eigenvalue weighted by Gasteiger charge is -2.24. The van der Waals surface area contributed by atoms with Crippen molar-refractivity contribution in [3.63, 3.8) is 0 Å². The van der Waals surface area contributed by atoms with Crippen molar-refractivity contribution in [3.05, 3.63) is 53.6 Å². The second-order valence-corrected chi connectivity index (χ2v) is 5.60. The first kappa shape index (κ1) is 15.4. The van der Waals surface area contributed by atoms with E-state index >= 15 is 0 Å². The van der Waals surface area contributed by atoms with Crippen molar-refractivity contribution < 1.29 is 19.0 Å². The Morgan fingerprint density at radius 3 is 2.87 bits per heavy atom. The number of esters is 1. The zero-order chi connectivity index (χ0) is 16.2. The molecule has 4 nitrogen and oxygen atoms in total. The smallest absolute Gasteiger partial charge is 0.318 e. The molecule has 3 rings (SSSR count). The van der Waals surface area contributed by atoms with Crippen LogP contribution < -0.4 is 14.2 Å². The maximum atomic E-state index is 12.4. The van der Waals surface area contributed by atoms with Gasteiger partial charge in [-0.3, -0.25) is 4.79 Å². The first-order valence-electron chi connectivity index (χ1n) is 7.83. The van der Waals surface area contributed by atoms with Gasteiger partial charge in [-0.25, -0.2) is 0 Å². The number of carbonyl (C=O) groups excluding carboxylic acids is 1. The van der Waals surface area contributed by atoms with Crippen LogP contribution in [0.4, 0.5) is 0 Å². The minimum Gasteiger partial charge on any atom is -0.494 e. The zero-order valence-corrected chi connectivity index (χ0v) is 13.4. The van der Waals surface area contributed by atoms with Gasteiger partial charge in [0.25, 0.3) is 0 Å². The fraction of sp³-hybridized carbons (Fsp3) is 0.316. The van der Waals surface area contributed by atoms with Crippen molar-refractivity contribution in [2.75, 3.05) is 13.2 Å². The Hall–Kier alpha value is -2.49. The molecule has 23 heavy (non-hydrogen) atoms. The number of fused-ring (bicyclic) bond motifs is 1. The van der Waals surface area contributed by atoms with Crippen LogP contribution in [0.1, 0.15) is 18.1 Å². The number of carbonyl (C=O) groups is 1. The molecular formula is C19H20O4. The summed E-state index contributed by atoms with van der Waals surface area (Å²) in [5, 5.41) is 0. The van der Waals surface area contributed by atoms with Crippen LogP contribution in [0.2, 0.25) is 0 Å². The van der Waals surface area contributed by atoms with Gasteiger partial charge >= 0.3 is 5.97 Å². The molecule has 0 N–H and O–H groups in total. The van der Waals surface area contributed by atoms with E-state index in [1.54, 1.807) is 6.07 Å². The molecule has 1 aliphatic heterocycles. The van der Waals surface area contributed by atoms with E-state index in [4.69, 9.17) is 14.2 Å². The second kappa shape index (κ2) is 6.73. The molecule has 2 aromatic carbocycles. The summed E-state index contributed by atoms with van der Waals surface area (Å²) in [7, 11) is 0. The fourth-order valence-electron chi connectivity index (χ4n) is 2.64. The van der Waals surface area contributed by atoms with E-state index in [1.807, 2.05) is 50.2 Å². The minimum atomic E-state index is -0.306. The Bertz CT molecular complexity index is 708. The van der Waals surface area contributed by atoms with Gasteiger partial charge in [0, 0.05) is 0 Å². The Morgan fingerprint density at radius 2 is 2.09 bits per heavy atom. The third kappa shape index (κ3) is 3.47. The molecule has 0 saturated carbocycles. The highest BCUT2D eigenvalue weighted by Crippen LogP contribution is 2.31. The molecule has 0 fully saturated rings. The molecule has 0 aliphatic carbocycles. The van der Waals surface area contributed by atoms with Gasteiger partial charge in [-0.2, -0.15) is 0 Å². The lowest BCUT2D eigenvalue weighted by Crippen LogP contribution is -2.31. The molecule has 1 aliphatic rings. The number of benzene rings is 2. The highest BCUT2D eigenvalue weighted by Gasteiger charge is 2.28. The predicted octanol–water partition coefficient (Wildman–Crippen LogP) is 3.55. The number of ether oxygens (including phenoxy) is 3. The Labute approximate surface area is 136 Å². The van der Waals surface area contributed by atoms with Crippen LogP contribution in [0.3, 0.4) is 0 Å². The minimum absolute atomic E-state index is 0.258. The molecule has 1 heterocycles. The molecule has 0 spiro atoms. The first-order valence-corrected chi connectivity index (χ1v) is 7.83.